The van der Waals surface area contributed by atoms with Crippen molar-refractivity contribution in [2.45, 2.75) is 38.6 Å². The van der Waals surface area contributed by atoms with Gasteiger partial charge in [-0.2, -0.15) is 0 Å². The molecule has 4 N–H and O–H groups in total. The second-order valence-electron chi connectivity index (χ2n) is 6.24. The lowest BCUT2D eigenvalue weighted by molar-refractivity contribution is -0.437. The van der Waals surface area contributed by atoms with Crippen LogP contribution in [0.4, 0.5) is 0 Å². The molecule has 5 nitrogen and oxygen atoms in total. The molecule has 2 aromatic rings. The van der Waals surface area contributed by atoms with E-state index in [9.17, 15) is 15.0 Å². The van der Waals surface area contributed by atoms with Crippen LogP contribution in [-0.4, -0.2) is 17.1 Å². The fourth-order valence-electron chi connectivity index (χ4n) is 2.52. The minimum atomic E-state index is -1.16. The molecule has 0 fully saturated rings. The van der Waals surface area contributed by atoms with Gasteiger partial charge in [0.25, 0.3) is 0 Å². The van der Waals surface area contributed by atoms with Gasteiger partial charge < -0.3 is 25.5 Å². The Bertz CT molecular complexity index is 787. The molecule has 0 aromatic heterocycles. The first-order valence-electron chi connectivity index (χ1n) is 8.25. The molecule has 0 radical (unpaired) electrons. The van der Waals surface area contributed by atoms with Crippen molar-refractivity contribution in [2.24, 2.45) is 0 Å². The van der Waals surface area contributed by atoms with Gasteiger partial charge >= 0.3 is 0 Å². The van der Waals surface area contributed by atoms with Crippen LogP contribution in [0.5, 0.6) is 17.2 Å². The highest BCUT2D eigenvalue weighted by atomic mass is 127. The van der Waals surface area contributed by atoms with E-state index >= 15 is 0 Å². The Labute approximate surface area is 180 Å². The van der Waals surface area contributed by atoms with Gasteiger partial charge in [0, 0.05) is 12.0 Å². The SMILES string of the molecule is CCC(C)c1cc(Oc2c(I)cc(CC([NH3+])C(=O)[O-])cc2I)ccc1O. The van der Waals surface area contributed by atoms with Crippen LogP contribution in [0.3, 0.4) is 0 Å². The maximum atomic E-state index is 10.9. The van der Waals surface area contributed by atoms with Gasteiger partial charge in [-0.15, -0.1) is 0 Å². The van der Waals surface area contributed by atoms with Crippen molar-refractivity contribution in [1.29, 1.82) is 0 Å². The van der Waals surface area contributed by atoms with Crippen LogP contribution in [0, 0.1) is 7.14 Å². The van der Waals surface area contributed by atoms with Crippen molar-refractivity contribution >= 4 is 51.2 Å². The highest BCUT2D eigenvalue weighted by Crippen LogP contribution is 2.36. The molecule has 2 aromatic carbocycles. The number of quaternary nitrogens is 1. The molecule has 0 saturated heterocycles. The third kappa shape index (κ3) is 5.23. The Morgan fingerprint density at radius 3 is 2.42 bits per heavy atom. The minimum Gasteiger partial charge on any atom is -0.544 e. The number of hydrogen-bond acceptors (Lipinski definition) is 4. The van der Waals surface area contributed by atoms with Crippen molar-refractivity contribution in [3.05, 3.63) is 48.6 Å². The number of phenols is 1. The number of benzene rings is 2. The zero-order valence-electron chi connectivity index (χ0n) is 14.6. The number of hydrogen-bond donors (Lipinski definition) is 2. The van der Waals surface area contributed by atoms with Gasteiger partial charge in [-0.05, 0) is 93.4 Å². The number of carboxylic acid groups (broad SMARTS) is 1. The number of aliphatic carboxylic acids is 1. The number of carbonyl (C=O) groups is 1. The predicted molar refractivity (Wildman–Crippen MR) is 114 cm³/mol. The summed E-state index contributed by atoms with van der Waals surface area (Å²) in [6, 6.07) is 8.26. The van der Waals surface area contributed by atoms with Gasteiger partial charge in [0.05, 0.1) is 13.1 Å². The minimum absolute atomic E-state index is 0.234. The van der Waals surface area contributed by atoms with E-state index in [0.717, 1.165) is 24.7 Å². The van der Waals surface area contributed by atoms with Crippen LogP contribution in [0.1, 0.15) is 37.3 Å². The molecule has 2 atom stereocenters. The summed E-state index contributed by atoms with van der Waals surface area (Å²) in [5.41, 5.74) is 5.34. The fourth-order valence-corrected chi connectivity index (χ4v) is 4.64. The Kier molecular flexibility index (Phi) is 7.53. The summed E-state index contributed by atoms with van der Waals surface area (Å²) < 4.78 is 7.83. The second kappa shape index (κ2) is 9.23. The first-order chi connectivity index (χ1) is 12.2. The smallest absolute Gasteiger partial charge is 0.154 e. The van der Waals surface area contributed by atoms with Crippen LogP contribution in [-0.2, 0) is 11.2 Å². The summed E-state index contributed by atoms with van der Waals surface area (Å²) >= 11 is 4.35. The van der Waals surface area contributed by atoms with Gasteiger partial charge in [0.15, 0.2) is 5.75 Å². The van der Waals surface area contributed by atoms with Gasteiger partial charge in [-0.25, -0.2) is 0 Å². The Balaban J connectivity index is 2.29. The first kappa shape index (κ1) is 21.2. The van der Waals surface area contributed by atoms with Crippen molar-refractivity contribution < 1.29 is 25.5 Å². The van der Waals surface area contributed by atoms with Crippen LogP contribution >= 0.6 is 45.2 Å². The third-order valence-corrected chi connectivity index (χ3v) is 5.84. The largest absolute Gasteiger partial charge is 0.544 e. The number of rotatable bonds is 7. The summed E-state index contributed by atoms with van der Waals surface area (Å²) in [5, 5.41) is 21.0. The highest BCUT2D eigenvalue weighted by molar-refractivity contribution is 14.1. The average Bonchev–Trinajstić information content (AvgIpc) is 2.58. The number of halogens is 2. The summed E-state index contributed by atoms with van der Waals surface area (Å²) in [4.78, 5) is 10.9. The fraction of sp³-hybridized carbons (Fsp3) is 0.316. The van der Waals surface area contributed by atoms with E-state index in [-0.39, 0.29) is 11.7 Å². The molecule has 0 aliphatic rings. The number of ether oxygens (including phenoxy) is 1. The number of carboxylic acids is 1. The van der Waals surface area contributed by atoms with Crippen LogP contribution in [0.15, 0.2) is 30.3 Å². The van der Waals surface area contributed by atoms with E-state index in [0.29, 0.717) is 17.9 Å². The highest BCUT2D eigenvalue weighted by Gasteiger charge is 2.16. The molecule has 7 heteroatoms. The summed E-state index contributed by atoms with van der Waals surface area (Å²) in [5.74, 6) is 0.723. The molecule has 0 aliphatic carbocycles. The number of carbonyl (C=O) groups excluding carboxylic acids is 1. The Morgan fingerprint density at radius 2 is 1.88 bits per heavy atom. The molecule has 0 saturated carbocycles. The van der Waals surface area contributed by atoms with E-state index in [1.165, 1.54) is 0 Å². The molecule has 26 heavy (non-hydrogen) atoms. The molecule has 2 unspecified atom stereocenters. The second-order valence-corrected chi connectivity index (χ2v) is 8.57. The van der Waals surface area contributed by atoms with Crippen LogP contribution in [0.25, 0.3) is 0 Å². The molecular weight excluding hydrogens is 560 g/mol. The van der Waals surface area contributed by atoms with Crippen molar-refractivity contribution in [1.82, 2.24) is 0 Å². The van der Waals surface area contributed by atoms with Gasteiger partial charge in [0.2, 0.25) is 0 Å². The van der Waals surface area contributed by atoms with Gasteiger partial charge in [-0.3, -0.25) is 0 Å². The molecular formula is C19H21I2NO4. The molecule has 0 heterocycles. The van der Waals surface area contributed by atoms with Crippen molar-refractivity contribution in [3.63, 3.8) is 0 Å². The van der Waals surface area contributed by atoms with E-state index in [2.05, 4.69) is 64.8 Å². The summed E-state index contributed by atoms with van der Waals surface area (Å²) in [6.45, 7) is 4.14. The molecule has 0 amide bonds. The normalized spacial score (nSPS) is 13.3. The standard InChI is InChI=1S/C19H21I2NO4/c1-3-10(2)13-9-12(4-5-17(13)23)26-18-14(20)6-11(7-15(18)21)8-16(22)19(24)25/h4-7,9-10,16,23H,3,8,22H2,1-2H3,(H,24,25). The zero-order chi connectivity index (χ0) is 19.4. The maximum Gasteiger partial charge on any atom is 0.154 e. The topological polar surface area (TPSA) is 97.2 Å². The van der Waals surface area contributed by atoms with Gasteiger partial charge in [-0.1, -0.05) is 13.8 Å². The van der Waals surface area contributed by atoms with E-state index in [4.69, 9.17) is 4.74 Å². The Morgan fingerprint density at radius 1 is 1.27 bits per heavy atom. The molecule has 0 spiro atoms. The third-order valence-electron chi connectivity index (χ3n) is 4.24. The predicted octanol–water partition coefficient (Wildman–Crippen LogP) is 2.81. The molecule has 0 bridgehead atoms. The monoisotopic (exact) mass is 581 g/mol. The van der Waals surface area contributed by atoms with Crippen LogP contribution in [0.2, 0.25) is 0 Å². The average molecular weight is 581 g/mol. The first-order valence-corrected chi connectivity index (χ1v) is 10.4. The quantitative estimate of drug-likeness (QED) is 0.492. The van der Waals surface area contributed by atoms with E-state index < -0.39 is 12.0 Å². The van der Waals surface area contributed by atoms with Crippen molar-refractivity contribution in [3.8, 4) is 17.2 Å². The summed E-state index contributed by atoms with van der Waals surface area (Å²) in [7, 11) is 0. The molecule has 2 rings (SSSR count). The van der Waals surface area contributed by atoms with E-state index in [1.54, 1.807) is 12.1 Å². The Hall–Kier alpha value is -1.07. The molecule has 140 valence electrons. The maximum absolute atomic E-state index is 10.9. The number of aromatic hydroxyl groups is 1. The zero-order valence-corrected chi connectivity index (χ0v) is 18.9. The lowest BCUT2D eigenvalue weighted by atomic mass is 9.97. The molecule has 0 aliphatic heterocycles. The van der Waals surface area contributed by atoms with Gasteiger partial charge in [0.1, 0.15) is 17.5 Å². The van der Waals surface area contributed by atoms with Crippen LogP contribution < -0.4 is 15.6 Å². The number of phenolic OH excluding ortho intramolecular Hbond substituents is 1. The lowest BCUT2D eigenvalue weighted by Gasteiger charge is -2.16. The summed E-state index contributed by atoms with van der Waals surface area (Å²) in [6.07, 6.45) is 1.23. The lowest BCUT2D eigenvalue weighted by Crippen LogP contribution is -2.69. The van der Waals surface area contributed by atoms with Crippen molar-refractivity contribution in [2.75, 3.05) is 0 Å². The van der Waals surface area contributed by atoms with E-state index in [1.807, 2.05) is 18.2 Å².